The van der Waals surface area contributed by atoms with Gasteiger partial charge in [-0.2, -0.15) is 5.10 Å². The monoisotopic (exact) mass is 411 g/mol. The molecule has 0 spiro atoms. The Morgan fingerprint density at radius 2 is 1.93 bits per heavy atom. The Balaban J connectivity index is 1.37. The van der Waals surface area contributed by atoms with E-state index < -0.39 is 10.0 Å². The lowest BCUT2D eigenvalue weighted by Crippen LogP contribution is -2.25. The van der Waals surface area contributed by atoms with Crippen molar-refractivity contribution in [1.82, 2.24) is 20.7 Å². The molecular formula is C19H17N5O4S. The molecule has 10 heteroatoms. The van der Waals surface area contributed by atoms with Crippen molar-refractivity contribution in [2.75, 3.05) is 6.54 Å². The summed E-state index contributed by atoms with van der Waals surface area (Å²) in [5, 5.41) is 19.4. The van der Waals surface area contributed by atoms with Crippen LogP contribution in [-0.2, 0) is 16.4 Å². The quantitative estimate of drug-likeness (QED) is 0.441. The summed E-state index contributed by atoms with van der Waals surface area (Å²) < 4.78 is 27.8. The van der Waals surface area contributed by atoms with Gasteiger partial charge < -0.3 is 9.84 Å². The van der Waals surface area contributed by atoms with Crippen molar-refractivity contribution in [1.29, 1.82) is 0 Å². The van der Waals surface area contributed by atoms with Gasteiger partial charge in [0.1, 0.15) is 0 Å². The molecule has 0 saturated heterocycles. The Hall–Kier alpha value is -3.50. The average Bonchev–Trinajstić information content (AvgIpc) is 3.36. The zero-order valence-corrected chi connectivity index (χ0v) is 15.9. The molecule has 148 valence electrons. The molecule has 0 aliphatic rings. The molecule has 2 aromatic carbocycles. The third kappa shape index (κ3) is 4.18. The second kappa shape index (κ2) is 7.49. The number of primary sulfonamides is 1. The van der Waals surface area contributed by atoms with E-state index in [2.05, 4.69) is 20.7 Å². The molecule has 0 unspecified atom stereocenters. The van der Waals surface area contributed by atoms with Crippen LogP contribution in [0.25, 0.3) is 22.2 Å². The molecule has 29 heavy (non-hydrogen) atoms. The first-order valence-corrected chi connectivity index (χ1v) is 10.2. The van der Waals surface area contributed by atoms with E-state index in [1.807, 2.05) is 18.2 Å². The van der Waals surface area contributed by atoms with Gasteiger partial charge in [0.05, 0.1) is 16.6 Å². The predicted molar refractivity (Wildman–Crippen MR) is 105 cm³/mol. The number of hydrogen-bond donors (Lipinski definition) is 3. The van der Waals surface area contributed by atoms with Crippen molar-refractivity contribution in [3.63, 3.8) is 0 Å². The van der Waals surface area contributed by atoms with E-state index in [1.165, 1.54) is 12.1 Å². The molecule has 0 saturated carbocycles. The molecule has 4 N–H and O–H groups in total. The highest BCUT2D eigenvalue weighted by Crippen LogP contribution is 2.24. The third-order valence-electron chi connectivity index (χ3n) is 4.42. The lowest BCUT2D eigenvalue weighted by Gasteiger charge is -2.04. The lowest BCUT2D eigenvalue weighted by molar-refractivity contribution is 0.0945. The topological polar surface area (TPSA) is 144 Å². The van der Waals surface area contributed by atoms with Gasteiger partial charge in [-0.05, 0) is 42.3 Å². The van der Waals surface area contributed by atoms with Gasteiger partial charge in [0.25, 0.3) is 5.91 Å². The van der Waals surface area contributed by atoms with Crippen LogP contribution >= 0.6 is 0 Å². The van der Waals surface area contributed by atoms with E-state index in [0.29, 0.717) is 18.7 Å². The van der Waals surface area contributed by atoms with E-state index in [0.717, 1.165) is 22.0 Å². The van der Waals surface area contributed by atoms with Crippen LogP contribution in [0.3, 0.4) is 0 Å². The van der Waals surface area contributed by atoms with Crippen LogP contribution in [0.15, 0.2) is 64.1 Å². The number of carbonyl (C=O) groups excluding carboxylic acids is 1. The zero-order chi connectivity index (χ0) is 20.4. The predicted octanol–water partition coefficient (Wildman–Crippen LogP) is 1.84. The van der Waals surface area contributed by atoms with Crippen LogP contribution in [0.1, 0.15) is 16.1 Å². The molecule has 2 aromatic heterocycles. The molecule has 4 rings (SSSR count). The largest absolute Gasteiger partial charge is 0.355 e. The summed E-state index contributed by atoms with van der Waals surface area (Å²) in [7, 11) is -3.71. The average molecular weight is 411 g/mol. The van der Waals surface area contributed by atoms with Crippen LogP contribution in [-0.4, -0.2) is 36.2 Å². The van der Waals surface area contributed by atoms with E-state index in [9.17, 15) is 13.2 Å². The maximum atomic E-state index is 12.3. The van der Waals surface area contributed by atoms with Gasteiger partial charge in [-0.25, -0.2) is 13.6 Å². The maximum Gasteiger partial charge on any atom is 0.273 e. The summed E-state index contributed by atoms with van der Waals surface area (Å²) in [4.78, 5) is 12.3. The molecule has 0 aliphatic carbocycles. The number of sulfonamides is 1. The normalized spacial score (nSPS) is 11.6. The number of carbonyl (C=O) groups is 1. The minimum atomic E-state index is -3.71. The number of aromatic amines is 1. The van der Waals surface area contributed by atoms with Gasteiger partial charge in [-0.15, -0.1) is 0 Å². The van der Waals surface area contributed by atoms with Crippen LogP contribution in [0.5, 0.6) is 0 Å². The molecule has 0 fully saturated rings. The zero-order valence-electron chi connectivity index (χ0n) is 15.1. The van der Waals surface area contributed by atoms with E-state index >= 15 is 0 Å². The van der Waals surface area contributed by atoms with Crippen molar-refractivity contribution < 1.29 is 17.7 Å². The highest BCUT2D eigenvalue weighted by Gasteiger charge is 2.14. The lowest BCUT2D eigenvalue weighted by atomic mass is 10.1. The van der Waals surface area contributed by atoms with Crippen LogP contribution in [0, 0.1) is 0 Å². The van der Waals surface area contributed by atoms with E-state index in [-0.39, 0.29) is 16.5 Å². The highest BCUT2D eigenvalue weighted by atomic mass is 32.2. The van der Waals surface area contributed by atoms with Crippen molar-refractivity contribution in [3.05, 3.63) is 66.0 Å². The number of aromatic nitrogens is 3. The van der Waals surface area contributed by atoms with E-state index in [4.69, 9.17) is 9.66 Å². The second-order valence-electron chi connectivity index (χ2n) is 6.44. The maximum absolute atomic E-state index is 12.3. The number of fused-ring (bicyclic) bond motifs is 1. The van der Waals surface area contributed by atoms with Crippen molar-refractivity contribution in [3.8, 4) is 11.3 Å². The van der Waals surface area contributed by atoms with Gasteiger partial charge in [-0.3, -0.25) is 9.89 Å². The molecular weight excluding hydrogens is 394 g/mol. The van der Waals surface area contributed by atoms with Crippen LogP contribution < -0.4 is 10.5 Å². The first-order chi connectivity index (χ1) is 13.9. The van der Waals surface area contributed by atoms with Gasteiger partial charge in [0.15, 0.2) is 11.5 Å². The molecule has 0 bridgehead atoms. The molecule has 0 atom stereocenters. The number of hydrogen-bond acceptors (Lipinski definition) is 6. The molecule has 1 amide bonds. The first-order valence-electron chi connectivity index (χ1n) is 8.70. The minimum absolute atomic E-state index is 0.0500. The molecule has 2 heterocycles. The van der Waals surface area contributed by atoms with Crippen LogP contribution in [0.2, 0.25) is 0 Å². The fraction of sp³-hybridized carbons (Fsp3) is 0.105. The summed E-state index contributed by atoms with van der Waals surface area (Å²) in [6.07, 6.45) is 2.23. The number of nitrogens with one attached hydrogen (secondary N) is 2. The minimum Gasteiger partial charge on any atom is -0.355 e. The number of benzene rings is 2. The van der Waals surface area contributed by atoms with Crippen LogP contribution in [0.4, 0.5) is 0 Å². The van der Waals surface area contributed by atoms with Crippen molar-refractivity contribution >= 4 is 26.8 Å². The molecule has 0 radical (unpaired) electrons. The number of H-pyrrole nitrogens is 1. The Morgan fingerprint density at radius 3 is 2.69 bits per heavy atom. The Labute approximate surface area is 165 Å². The van der Waals surface area contributed by atoms with Gasteiger partial charge in [-0.1, -0.05) is 17.3 Å². The summed E-state index contributed by atoms with van der Waals surface area (Å²) in [6, 6.07) is 13.4. The Kier molecular flexibility index (Phi) is 4.87. The SMILES string of the molecule is NS(=O)(=O)c1ccc(CCNC(=O)c2cc(-c3ccc4[nH]ncc4c3)on2)cc1. The van der Waals surface area contributed by atoms with Gasteiger partial charge in [0, 0.05) is 23.6 Å². The summed E-state index contributed by atoms with van der Waals surface area (Å²) in [5.74, 6) is 0.127. The third-order valence-corrected chi connectivity index (χ3v) is 5.35. The first kappa shape index (κ1) is 18.8. The number of amides is 1. The standard InChI is InChI=1S/C19H17N5O4S/c20-29(26,27)15-4-1-12(2-5-15)7-8-21-19(25)17-10-18(28-24-17)13-3-6-16-14(9-13)11-22-23-16/h1-6,9-11H,7-8H2,(H,21,25)(H,22,23)(H2,20,26,27). The summed E-state index contributed by atoms with van der Waals surface area (Å²) in [5.41, 5.74) is 2.74. The molecule has 0 aliphatic heterocycles. The Morgan fingerprint density at radius 1 is 1.14 bits per heavy atom. The number of nitrogens with zero attached hydrogens (tertiary/aromatic N) is 2. The van der Waals surface area contributed by atoms with Crippen molar-refractivity contribution in [2.24, 2.45) is 5.14 Å². The summed E-state index contributed by atoms with van der Waals surface area (Å²) >= 11 is 0. The number of rotatable bonds is 6. The summed E-state index contributed by atoms with van der Waals surface area (Å²) in [6.45, 7) is 0.358. The smallest absolute Gasteiger partial charge is 0.273 e. The van der Waals surface area contributed by atoms with Crippen molar-refractivity contribution in [2.45, 2.75) is 11.3 Å². The van der Waals surface area contributed by atoms with Gasteiger partial charge in [0.2, 0.25) is 10.0 Å². The fourth-order valence-corrected chi connectivity index (χ4v) is 3.39. The van der Waals surface area contributed by atoms with E-state index in [1.54, 1.807) is 24.4 Å². The van der Waals surface area contributed by atoms with Gasteiger partial charge >= 0.3 is 0 Å². The second-order valence-corrected chi connectivity index (χ2v) is 8.00. The number of nitrogens with two attached hydrogens (primary N) is 1. The molecule has 9 nitrogen and oxygen atoms in total. The highest BCUT2D eigenvalue weighted by molar-refractivity contribution is 7.89. The molecule has 4 aromatic rings. The Bertz CT molecular complexity index is 1280. The fourth-order valence-electron chi connectivity index (χ4n) is 2.87.